The summed E-state index contributed by atoms with van der Waals surface area (Å²) >= 11 is 0. The number of aryl methyl sites for hydroxylation is 5. The molecule has 1 fully saturated rings. The van der Waals surface area contributed by atoms with Crippen LogP contribution in [0.15, 0.2) is 254 Å². The van der Waals surface area contributed by atoms with Crippen molar-refractivity contribution < 1.29 is 82.0 Å². The quantitative estimate of drug-likeness (QED) is 0.0461. The molecule has 14 aromatic rings. The van der Waals surface area contributed by atoms with Crippen LogP contribution < -0.4 is 37.9 Å². The standard InChI is InChI=1S/2C13H17N3O.C13H19NO3S.C13H15NO2.C12H19NO3S.3C12H13NO2.CO2/c2*1-9(2)17-11-5-6-12(14-8-11)13-7-10(3)15-16(13)4;1-10(2)17-11-7-8-13(14-9-11)18(15,16)12-5-3-4-6-12;1-9(2)15-11-5-6-12(14-8-11)13-7-4-10(3)16-13;1-9(2)8-17(14,15)12-6-5-11(7-13-12)16-10(3)4;1-9(2)15-11-3-4-12(13-7-11)10-5-6-14-8-10;2*1-9(2)15-10-5-6-11(13-8-10)12-4-3-7-14-12;2-1-3/h2*5-9H,1-4H3;7-10,12H,3-6H2,1-2H3;4-9H,1-3H3;5-7,9-10H,8H2,1-4H3;3*3-9H,1-2H3;. The second-order valence-corrected chi connectivity index (χ2v) is 37.1. The monoisotopic (exact) mass is 1860 g/mol. The van der Waals surface area contributed by atoms with Gasteiger partial charge in [-0.3, -0.25) is 24.3 Å². The van der Waals surface area contributed by atoms with E-state index in [-0.39, 0.29) is 82.0 Å². The molecule has 0 aromatic carbocycles. The summed E-state index contributed by atoms with van der Waals surface area (Å²) in [6.07, 6.45) is 24.7. The van der Waals surface area contributed by atoms with Gasteiger partial charge in [0, 0.05) is 19.7 Å². The zero-order chi connectivity index (χ0) is 97.3. The highest BCUT2D eigenvalue weighted by atomic mass is 32.2. The maximum Gasteiger partial charge on any atom is 0.373 e. The summed E-state index contributed by atoms with van der Waals surface area (Å²) in [4.78, 5) is 50.1. The van der Waals surface area contributed by atoms with Gasteiger partial charge >= 0.3 is 6.15 Å². The highest BCUT2D eigenvalue weighted by Crippen LogP contribution is 2.32. The van der Waals surface area contributed by atoms with Crippen LogP contribution in [0.25, 0.3) is 68.4 Å². The minimum atomic E-state index is -3.27. The van der Waals surface area contributed by atoms with Crippen LogP contribution in [0.1, 0.15) is 167 Å². The Morgan fingerprint density at radius 2 is 0.677 bits per heavy atom. The predicted octanol–water partition coefficient (Wildman–Crippen LogP) is 22.3. The lowest BCUT2D eigenvalue weighted by Gasteiger charge is -2.12. The number of nitrogens with zero attached hydrogens (tertiary/aromatic N) is 12. The van der Waals surface area contributed by atoms with Crippen LogP contribution in [-0.2, 0) is 43.4 Å². The molecule has 0 amide bonds. The normalized spacial score (nSPS) is 11.6. The largest absolute Gasteiger partial charge is 0.489 e. The zero-order valence-electron chi connectivity index (χ0n) is 80.2. The number of rotatable bonds is 27. The van der Waals surface area contributed by atoms with E-state index in [2.05, 4.69) is 50.1 Å². The Kier molecular flexibility index (Phi) is 43.0. The highest BCUT2D eigenvalue weighted by molar-refractivity contribution is 7.92. The van der Waals surface area contributed by atoms with Gasteiger partial charge in [-0.05, 0) is 302 Å². The van der Waals surface area contributed by atoms with Crippen LogP contribution in [0.4, 0.5) is 0 Å². The first kappa shape index (κ1) is 106. The molecular weight excluding hydrogens is 1730 g/mol. The lowest BCUT2D eigenvalue weighted by atomic mass is 10.2. The van der Waals surface area contributed by atoms with Gasteiger partial charge in [0.15, 0.2) is 47.0 Å². The molecule has 1 aliphatic rings. The molecular formula is C101H126N12O18S2. The summed E-state index contributed by atoms with van der Waals surface area (Å²) in [6.45, 7) is 41.1. The highest BCUT2D eigenvalue weighted by Gasteiger charge is 2.31. The van der Waals surface area contributed by atoms with Crippen molar-refractivity contribution in [1.29, 1.82) is 0 Å². The summed E-state index contributed by atoms with van der Waals surface area (Å²) in [6, 6.07) is 46.5. The second-order valence-electron chi connectivity index (χ2n) is 32.9. The van der Waals surface area contributed by atoms with E-state index in [1.165, 1.54) is 18.5 Å². The van der Waals surface area contributed by atoms with Crippen molar-refractivity contribution in [3.05, 3.63) is 243 Å². The van der Waals surface area contributed by atoms with Crippen LogP contribution in [0.5, 0.6) is 46.0 Å². The number of furan rings is 4. The van der Waals surface area contributed by atoms with Crippen LogP contribution >= 0.6 is 0 Å². The molecule has 1 aliphatic carbocycles. The summed E-state index contributed by atoms with van der Waals surface area (Å²) in [5.74, 6) is 9.33. The average molecular weight is 1860 g/mol. The number of ether oxygens (including phenoxy) is 8. The molecule has 0 spiro atoms. The Labute approximate surface area is 781 Å². The van der Waals surface area contributed by atoms with Gasteiger partial charge in [-0.1, -0.05) is 26.7 Å². The average Bonchev–Trinajstić information content (AvgIpc) is 1.79. The molecule has 0 bridgehead atoms. The molecule has 0 unspecified atom stereocenters. The number of hydrogen-bond donors (Lipinski definition) is 0. The van der Waals surface area contributed by atoms with Crippen molar-refractivity contribution in [3.8, 4) is 114 Å². The minimum absolute atomic E-state index is 0.0509. The number of pyridine rings is 8. The molecule has 0 atom stereocenters. The van der Waals surface area contributed by atoms with Crippen LogP contribution in [0, 0.1) is 26.7 Å². The van der Waals surface area contributed by atoms with E-state index >= 15 is 0 Å². The van der Waals surface area contributed by atoms with Gasteiger partial charge in [0.25, 0.3) is 0 Å². The molecule has 32 heteroatoms. The molecule has 0 aliphatic heterocycles. The third-order valence-corrected chi connectivity index (χ3v) is 21.8. The molecule has 30 nitrogen and oxygen atoms in total. The lowest BCUT2D eigenvalue weighted by Crippen LogP contribution is -2.19. The van der Waals surface area contributed by atoms with Crippen molar-refractivity contribution in [2.45, 2.75) is 235 Å². The van der Waals surface area contributed by atoms with Gasteiger partial charge in [-0.15, -0.1) is 0 Å². The number of sulfone groups is 2. The smallest absolute Gasteiger partial charge is 0.373 e. The first-order chi connectivity index (χ1) is 63.2. The maximum absolute atomic E-state index is 12.3. The van der Waals surface area contributed by atoms with Crippen LogP contribution in [0.2, 0.25) is 0 Å². The molecule has 0 radical (unpaired) electrons. The van der Waals surface area contributed by atoms with E-state index in [0.29, 0.717) is 11.5 Å². The second kappa shape index (κ2) is 53.7. The van der Waals surface area contributed by atoms with Gasteiger partial charge in [-0.25, -0.2) is 41.8 Å². The Morgan fingerprint density at radius 3 is 0.925 bits per heavy atom. The molecule has 0 N–H and O–H groups in total. The minimum Gasteiger partial charge on any atom is -0.489 e. The molecule has 133 heavy (non-hydrogen) atoms. The maximum atomic E-state index is 12.3. The summed E-state index contributed by atoms with van der Waals surface area (Å²) < 4.78 is 117. The van der Waals surface area contributed by atoms with Crippen molar-refractivity contribution in [2.24, 2.45) is 20.0 Å². The topological polar surface area (TPSA) is 368 Å². The first-order valence-corrected chi connectivity index (χ1v) is 47.1. The summed E-state index contributed by atoms with van der Waals surface area (Å²) in [7, 11) is -2.68. The SMILES string of the molecule is CC(C)CS(=O)(=O)c1ccc(OC(C)C)cn1.CC(C)Oc1ccc(-c2ccco2)nc1.CC(C)Oc1ccc(-c2ccco2)nc1.CC(C)Oc1ccc(-c2ccoc2)nc1.CC(C)Oc1ccc(S(=O)(=O)C2CCCC2)nc1.Cc1cc(-c2ccc(OC(C)C)cn2)n(C)n1.Cc1cc(-c2ccc(OC(C)C)cn2)n(C)n1.Cc1ccc(-c2ccc(OC(C)C)cn2)o1.O=C=O. The molecule has 15 rings (SSSR count). The number of hydrogen-bond acceptors (Lipinski definition) is 28. The fraction of sp³-hybridized carbons (Fsp3) is 0.376. The number of carbonyl (C=O) groups excluding carboxylic acids is 2. The van der Waals surface area contributed by atoms with Gasteiger partial charge < -0.3 is 55.6 Å². The third-order valence-electron chi connectivity index (χ3n) is 17.6. The Bertz CT molecular complexity index is 5580. The van der Waals surface area contributed by atoms with Gasteiger partial charge in [0.2, 0.25) is 0 Å². The van der Waals surface area contributed by atoms with Gasteiger partial charge in [0.05, 0.1) is 174 Å². The van der Waals surface area contributed by atoms with E-state index in [1.54, 1.807) is 80.4 Å². The van der Waals surface area contributed by atoms with Gasteiger partial charge in [-0.2, -0.15) is 19.8 Å². The summed E-state index contributed by atoms with van der Waals surface area (Å²) in [5.41, 5.74) is 10.1. The van der Waals surface area contributed by atoms with E-state index in [9.17, 15) is 16.8 Å². The fourth-order valence-electron chi connectivity index (χ4n) is 12.4. The van der Waals surface area contributed by atoms with E-state index < -0.39 is 19.7 Å². The Morgan fingerprint density at radius 1 is 0.368 bits per heavy atom. The van der Waals surface area contributed by atoms with Crippen LogP contribution in [0.3, 0.4) is 0 Å². The van der Waals surface area contributed by atoms with Crippen molar-refractivity contribution in [1.82, 2.24) is 59.4 Å². The van der Waals surface area contributed by atoms with Crippen LogP contribution in [-0.4, -0.2) is 142 Å². The first-order valence-electron chi connectivity index (χ1n) is 43.9. The molecule has 0 saturated heterocycles. The Balaban J connectivity index is 0.000000207. The molecule has 710 valence electrons. The van der Waals surface area contributed by atoms with E-state index in [1.807, 2.05) is 296 Å². The molecule has 14 heterocycles. The Hall–Kier alpha value is -13.6. The van der Waals surface area contributed by atoms with Crippen molar-refractivity contribution in [3.63, 3.8) is 0 Å². The molecule has 1 saturated carbocycles. The van der Waals surface area contributed by atoms with E-state index in [4.69, 9.17) is 65.2 Å². The molecule has 14 aromatic heterocycles. The number of aromatic nitrogens is 12. The van der Waals surface area contributed by atoms with Crippen molar-refractivity contribution in [2.75, 3.05) is 5.75 Å². The lowest BCUT2D eigenvalue weighted by molar-refractivity contribution is -0.191. The summed E-state index contributed by atoms with van der Waals surface area (Å²) in [5, 5.41) is 8.64. The van der Waals surface area contributed by atoms with Gasteiger partial charge in [0.1, 0.15) is 68.8 Å². The van der Waals surface area contributed by atoms with Crippen molar-refractivity contribution >= 4 is 25.8 Å². The predicted molar refractivity (Wildman–Crippen MR) is 511 cm³/mol. The fourth-order valence-corrected chi connectivity index (χ4v) is 15.7. The third kappa shape index (κ3) is 37.7. The van der Waals surface area contributed by atoms with E-state index in [0.717, 1.165) is 146 Å². The zero-order valence-corrected chi connectivity index (χ0v) is 81.8.